The van der Waals surface area contributed by atoms with E-state index in [1.807, 2.05) is 6.07 Å². The Kier molecular flexibility index (Phi) is 3.13. The average molecular weight is 232 g/mol. The number of aryl methyl sites for hydroxylation is 1. The van der Waals surface area contributed by atoms with Gasteiger partial charge in [0.2, 0.25) is 0 Å². The summed E-state index contributed by atoms with van der Waals surface area (Å²) in [6.45, 7) is 5.28. The molecule has 4 heteroatoms. The first-order chi connectivity index (χ1) is 8.08. The van der Waals surface area contributed by atoms with Crippen molar-refractivity contribution in [2.45, 2.75) is 26.8 Å². The van der Waals surface area contributed by atoms with Gasteiger partial charge < -0.3 is 9.67 Å². The number of fused-ring (bicyclic) bond motifs is 1. The number of hydrogen-bond acceptors (Lipinski definition) is 2. The van der Waals surface area contributed by atoms with Crippen LogP contribution in [-0.2, 0) is 6.54 Å². The van der Waals surface area contributed by atoms with Gasteiger partial charge in [-0.3, -0.25) is 0 Å². The molecule has 0 bridgehead atoms. The lowest BCUT2D eigenvalue weighted by Crippen LogP contribution is -2.00. The Morgan fingerprint density at radius 1 is 1.47 bits per heavy atom. The highest BCUT2D eigenvalue weighted by Gasteiger charge is 2.07. The maximum absolute atomic E-state index is 10.8. The van der Waals surface area contributed by atoms with E-state index in [0.717, 1.165) is 24.0 Å². The smallest absolute Gasteiger partial charge is 0.335 e. The van der Waals surface area contributed by atoms with Gasteiger partial charge in [0.25, 0.3) is 0 Å². The monoisotopic (exact) mass is 232 g/mol. The molecule has 0 saturated heterocycles. The van der Waals surface area contributed by atoms with E-state index in [-0.39, 0.29) is 5.56 Å². The van der Waals surface area contributed by atoms with E-state index in [2.05, 4.69) is 23.4 Å². The van der Waals surface area contributed by atoms with E-state index in [4.69, 9.17) is 5.11 Å². The molecule has 0 atom stereocenters. The summed E-state index contributed by atoms with van der Waals surface area (Å²) in [7, 11) is 0. The number of carboxylic acid groups (broad SMARTS) is 1. The number of nitrogens with zero attached hydrogens (tertiary/aromatic N) is 2. The Hall–Kier alpha value is -1.84. The Morgan fingerprint density at radius 3 is 2.88 bits per heavy atom. The van der Waals surface area contributed by atoms with E-state index in [1.54, 1.807) is 18.5 Å². The Morgan fingerprint density at radius 2 is 2.24 bits per heavy atom. The summed E-state index contributed by atoms with van der Waals surface area (Å²) in [6, 6.07) is 5.06. The van der Waals surface area contributed by atoms with E-state index < -0.39 is 5.97 Å². The molecule has 0 fully saturated rings. The molecule has 2 aromatic rings. The molecule has 1 heterocycles. The molecule has 90 valence electrons. The van der Waals surface area contributed by atoms with Gasteiger partial charge in [-0.15, -0.1) is 0 Å². The highest BCUT2D eigenvalue weighted by atomic mass is 16.4. The van der Waals surface area contributed by atoms with Crippen molar-refractivity contribution in [1.82, 2.24) is 9.55 Å². The number of rotatable bonds is 4. The maximum Gasteiger partial charge on any atom is 0.335 e. The molecule has 4 nitrogen and oxygen atoms in total. The second kappa shape index (κ2) is 4.57. The van der Waals surface area contributed by atoms with Gasteiger partial charge in [-0.1, -0.05) is 13.8 Å². The van der Waals surface area contributed by atoms with Crippen LogP contribution >= 0.6 is 0 Å². The van der Waals surface area contributed by atoms with Crippen molar-refractivity contribution < 1.29 is 9.90 Å². The molecule has 0 saturated carbocycles. The van der Waals surface area contributed by atoms with Gasteiger partial charge in [-0.25, -0.2) is 9.78 Å². The van der Waals surface area contributed by atoms with E-state index in [1.165, 1.54) is 0 Å². The van der Waals surface area contributed by atoms with E-state index in [9.17, 15) is 4.79 Å². The molecule has 0 aliphatic heterocycles. The standard InChI is InChI=1S/C13H16N2O2/c1-9(2)5-6-15-8-14-11-7-10(13(16)17)3-4-12(11)15/h3-4,7-9H,5-6H2,1-2H3,(H,16,17). The molecule has 0 aliphatic rings. The first-order valence-corrected chi connectivity index (χ1v) is 5.76. The van der Waals surface area contributed by atoms with Gasteiger partial charge in [0, 0.05) is 6.54 Å². The second-order valence-electron chi connectivity index (χ2n) is 4.63. The van der Waals surface area contributed by atoms with Crippen LogP contribution in [0.5, 0.6) is 0 Å². The van der Waals surface area contributed by atoms with Crippen molar-refractivity contribution in [2.75, 3.05) is 0 Å². The van der Waals surface area contributed by atoms with Crippen molar-refractivity contribution in [2.24, 2.45) is 5.92 Å². The minimum Gasteiger partial charge on any atom is -0.478 e. The number of benzene rings is 1. The molecule has 0 spiro atoms. The average Bonchev–Trinajstić information content (AvgIpc) is 2.68. The van der Waals surface area contributed by atoms with Gasteiger partial charge in [-0.05, 0) is 30.5 Å². The normalized spacial score (nSPS) is 11.2. The molecule has 1 N–H and O–H groups in total. The fourth-order valence-corrected chi connectivity index (χ4v) is 1.77. The Labute approximate surface area is 99.9 Å². The van der Waals surface area contributed by atoms with Gasteiger partial charge in [-0.2, -0.15) is 0 Å². The number of aromatic carboxylic acids is 1. The van der Waals surface area contributed by atoms with Crippen LogP contribution in [0.4, 0.5) is 0 Å². The zero-order valence-electron chi connectivity index (χ0n) is 10.1. The maximum atomic E-state index is 10.8. The third-order valence-corrected chi connectivity index (χ3v) is 2.82. The largest absolute Gasteiger partial charge is 0.478 e. The SMILES string of the molecule is CC(C)CCn1cnc2cc(C(=O)O)ccc21. The number of aromatic nitrogens is 2. The van der Waals surface area contributed by atoms with Crippen molar-refractivity contribution in [3.8, 4) is 0 Å². The summed E-state index contributed by atoms with van der Waals surface area (Å²) in [6.07, 6.45) is 2.87. The van der Waals surface area contributed by atoms with E-state index >= 15 is 0 Å². The molecule has 17 heavy (non-hydrogen) atoms. The molecule has 0 radical (unpaired) electrons. The molecule has 0 amide bonds. The van der Waals surface area contributed by atoms with Gasteiger partial charge in [0.05, 0.1) is 22.9 Å². The summed E-state index contributed by atoms with van der Waals surface area (Å²) in [5.41, 5.74) is 2.02. The summed E-state index contributed by atoms with van der Waals surface area (Å²) >= 11 is 0. The van der Waals surface area contributed by atoms with Crippen LogP contribution in [0.1, 0.15) is 30.6 Å². The Balaban J connectivity index is 2.31. The summed E-state index contributed by atoms with van der Waals surface area (Å²) in [5, 5.41) is 8.89. The van der Waals surface area contributed by atoms with E-state index in [0.29, 0.717) is 5.92 Å². The van der Waals surface area contributed by atoms with Crippen LogP contribution in [0, 0.1) is 5.92 Å². The number of carbonyl (C=O) groups is 1. The number of imidazole rings is 1. The molecule has 0 aliphatic carbocycles. The first kappa shape index (κ1) is 11.6. The van der Waals surface area contributed by atoms with Crippen molar-refractivity contribution >= 4 is 17.0 Å². The van der Waals surface area contributed by atoms with Crippen molar-refractivity contribution in [3.63, 3.8) is 0 Å². The lowest BCUT2D eigenvalue weighted by molar-refractivity contribution is 0.0697. The third kappa shape index (κ3) is 2.46. The van der Waals surface area contributed by atoms with Crippen LogP contribution in [0.25, 0.3) is 11.0 Å². The second-order valence-corrected chi connectivity index (χ2v) is 4.63. The molecular formula is C13H16N2O2. The topological polar surface area (TPSA) is 55.1 Å². The van der Waals surface area contributed by atoms with Gasteiger partial charge in [0.1, 0.15) is 0 Å². The van der Waals surface area contributed by atoms with Crippen LogP contribution in [0.3, 0.4) is 0 Å². The van der Waals surface area contributed by atoms with Crippen LogP contribution in [-0.4, -0.2) is 20.6 Å². The molecule has 0 unspecified atom stereocenters. The lowest BCUT2D eigenvalue weighted by Gasteiger charge is -2.06. The summed E-state index contributed by atoms with van der Waals surface area (Å²) in [5.74, 6) is -0.269. The quantitative estimate of drug-likeness (QED) is 0.881. The summed E-state index contributed by atoms with van der Waals surface area (Å²) in [4.78, 5) is 15.1. The number of hydrogen-bond donors (Lipinski definition) is 1. The third-order valence-electron chi connectivity index (χ3n) is 2.82. The van der Waals surface area contributed by atoms with Crippen LogP contribution in [0.2, 0.25) is 0 Å². The predicted octanol–water partition coefficient (Wildman–Crippen LogP) is 2.78. The summed E-state index contributed by atoms with van der Waals surface area (Å²) < 4.78 is 2.07. The molecular weight excluding hydrogens is 216 g/mol. The zero-order valence-corrected chi connectivity index (χ0v) is 10.1. The minimum absolute atomic E-state index is 0.284. The van der Waals surface area contributed by atoms with Crippen LogP contribution < -0.4 is 0 Å². The highest BCUT2D eigenvalue weighted by molar-refractivity contribution is 5.92. The molecule has 2 rings (SSSR count). The fraction of sp³-hybridized carbons (Fsp3) is 0.385. The highest BCUT2D eigenvalue weighted by Crippen LogP contribution is 2.16. The number of carboxylic acids is 1. The molecule has 1 aromatic carbocycles. The van der Waals surface area contributed by atoms with Crippen molar-refractivity contribution in [3.05, 3.63) is 30.1 Å². The predicted molar refractivity (Wildman–Crippen MR) is 66.1 cm³/mol. The van der Waals surface area contributed by atoms with Crippen LogP contribution in [0.15, 0.2) is 24.5 Å². The van der Waals surface area contributed by atoms with Gasteiger partial charge >= 0.3 is 5.97 Å². The first-order valence-electron chi connectivity index (χ1n) is 5.76. The molecule has 1 aromatic heterocycles. The fourth-order valence-electron chi connectivity index (χ4n) is 1.77. The minimum atomic E-state index is -0.913. The Bertz CT molecular complexity index is 543. The van der Waals surface area contributed by atoms with Crippen molar-refractivity contribution in [1.29, 1.82) is 0 Å². The zero-order chi connectivity index (χ0) is 12.4. The lowest BCUT2D eigenvalue weighted by atomic mass is 10.1. The van der Waals surface area contributed by atoms with Gasteiger partial charge in [0.15, 0.2) is 0 Å².